The topological polar surface area (TPSA) is 63.2 Å². The molecule has 2 aromatic carbocycles. The fraction of sp³-hybridized carbons (Fsp3) is 0.143. The molecule has 26 heavy (non-hydrogen) atoms. The first-order chi connectivity index (χ1) is 12.6. The number of carbonyl (C=O) groups excluding carboxylic acids is 1. The van der Waals surface area contributed by atoms with Gasteiger partial charge in [-0.3, -0.25) is 4.79 Å². The molecule has 0 atom stereocenters. The molecule has 0 radical (unpaired) electrons. The highest BCUT2D eigenvalue weighted by Crippen LogP contribution is 2.19. The van der Waals surface area contributed by atoms with E-state index in [1.54, 1.807) is 12.3 Å². The van der Waals surface area contributed by atoms with Crippen molar-refractivity contribution in [3.8, 4) is 5.75 Å². The van der Waals surface area contributed by atoms with Crippen LogP contribution < -0.4 is 15.4 Å². The van der Waals surface area contributed by atoms with Gasteiger partial charge >= 0.3 is 0 Å². The molecule has 0 unspecified atom stereocenters. The van der Waals surface area contributed by atoms with E-state index in [0.717, 1.165) is 16.8 Å². The lowest BCUT2D eigenvalue weighted by Gasteiger charge is -2.10. The Morgan fingerprint density at radius 3 is 2.46 bits per heavy atom. The van der Waals surface area contributed by atoms with E-state index in [1.165, 1.54) is 0 Å². The Morgan fingerprint density at radius 2 is 1.77 bits per heavy atom. The number of hydrogen-bond donors (Lipinski definition) is 2. The number of aryl methyl sites for hydroxylation is 2. The van der Waals surface area contributed by atoms with Crippen LogP contribution in [0.25, 0.3) is 0 Å². The second-order valence-electron chi connectivity index (χ2n) is 6.02. The molecule has 2 N–H and O–H groups in total. The Balaban J connectivity index is 1.52. The second-order valence-corrected chi connectivity index (χ2v) is 6.02. The molecule has 3 rings (SSSR count). The van der Waals surface area contributed by atoms with Gasteiger partial charge in [0.15, 0.2) is 6.61 Å². The molecule has 0 aliphatic rings. The molecule has 0 spiro atoms. The summed E-state index contributed by atoms with van der Waals surface area (Å²) >= 11 is 0. The molecule has 1 aromatic heterocycles. The molecular weight excluding hydrogens is 326 g/mol. The maximum absolute atomic E-state index is 12.0. The molecule has 1 heterocycles. The third-order valence-electron chi connectivity index (χ3n) is 3.85. The van der Waals surface area contributed by atoms with Gasteiger partial charge in [0.05, 0.1) is 11.9 Å². The average Bonchev–Trinajstić information content (AvgIpc) is 2.65. The zero-order valence-corrected chi connectivity index (χ0v) is 14.8. The van der Waals surface area contributed by atoms with Crippen LogP contribution in [0.3, 0.4) is 0 Å². The smallest absolute Gasteiger partial charge is 0.262 e. The fourth-order valence-electron chi connectivity index (χ4n) is 2.37. The molecule has 0 aliphatic carbocycles. The first-order valence-corrected chi connectivity index (χ1v) is 8.38. The summed E-state index contributed by atoms with van der Waals surface area (Å²) in [5, 5.41) is 6.03. The lowest BCUT2D eigenvalue weighted by molar-refractivity contribution is -0.118. The number of nitrogens with one attached hydrogen (secondary N) is 2. The summed E-state index contributed by atoms with van der Waals surface area (Å²) in [6.45, 7) is 3.98. The van der Waals surface area contributed by atoms with E-state index < -0.39 is 0 Å². The summed E-state index contributed by atoms with van der Waals surface area (Å²) in [7, 11) is 0. The molecule has 5 heteroatoms. The van der Waals surface area contributed by atoms with Gasteiger partial charge in [0, 0.05) is 5.69 Å². The highest BCUT2D eigenvalue weighted by atomic mass is 16.5. The standard InChI is InChI=1S/C21H21N3O2/c1-15-7-10-18(11-8-15)26-14-21(25)23-17-9-12-20(22-13-17)24-19-6-4-3-5-16(19)2/h3-13H,14H2,1-2H3,(H,22,24)(H,23,25). The van der Waals surface area contributed by atoms with E-state index in [1.807, 2.05) is 68.4 Å². The van der Waals surface area contributed by atoms with Crippen LogP contribution in [0.1, 0.15) is 11.1 Å². The maximum Gasteiger partial charge on any atom is 0.262 e. The minimum Gasteiger partial charge on any atom is -0.484 e. The van der Waals surface area contributed by atoms with E-state index in [2.05, 4.69) is 15.6 Å². The molecule has 0 bridgehead atoms. The predicted molar refractivity (Wildman–Crippen MR) is 104 cm³/mol. The zero-order chi connectivity index (χ0) is 18.4. The SMILES string of the molecule is Cc1ccc(OCC(=O)Nc2ccc(Nc3ccccc3C)nc2)cc1. The van der Waals surface area contributed by atoms with Gasteiger partial charge in [0.25, 0.3) is 5.91 Å². The number of ether oxygens (including phenoxy) is 1. The molecule has 3 aromatic rings. The fourth-order valence-corrected chi connectivity index (χ4v) is 2.37. The summed E-state index contributed by atoms with van der Waals surface area (Å²) in [5.74, 6) is 1.15. The molecular formula is C21H21N3O2. The Hall–Kier alpha value is -3.34. The monoisotopic (exact) mass is 347 g/mol. The van der Waals surface area contributed by atoms with Gasteiger partial charge in [0.1, 0.15) is 11.6 Å². The third kappa shape index (κ3) is 4.83. The number of amides is 1. The predicted octanol–water partition coefficient (Wildman–Crippen LogP) is 4.46. The molecule has 132 valence electrons. The quantitative estimate of drug-likeness (QED) is 0.691. The van der Waals surface area contributed by atoms with Gasteiger partial charge in [-0.25, -0.2) is 4.98 Å². The van der Waals surface area contributed by atoms with Crippen molar-refractivity contribution in [2.24, 2.45) is 0 Å². The highest BCUT2D eigenvalue weighted by molar-refractivity contribution is 5.91. The van der Waals surface area contributed by atoms with Crippen LogP contribution in [-0.4, -0.2) is 17.5 Å². The molecule has 0 saturated heterocycles. The van der Waals surface area contributed by atoms with Crippen LogP contribution in [-0.2, 0) is 4.79 Å². The largest absolute Gasteiger partial charge is 0.484 e. The van der Waals surface area contributed by atoms with E-state index in [9.17, 15) is 4.79 Å². The normalized spacial score (nSPS) is 10.2. The summed E-state index contributed by atoms with van der Waals surface area (Å²) in [6.07, 6.45) is 1.62. The highest BCUT2D eigenvalue weighted by Gasteiger charge is 2.05. The Morgan fingerprint density at radius 1 is 1.00 bits per heavy atom. The van der Waals surface area contributed by atoms with Crippen molar-refractivity contribution in [2.45, 2.75) is 13.8 Å². The molecule has 0 aliphatic heterocycles. The number of rotatable bonds is 6. The summed E-state index contributed by atoms with van der Waals surface area (Å²) in [6, 6.07) is 19.2. The van der Waals surface area contributed by atoms with Crippen molar-refractivity contribution in [1.29, 1.82) is 0 Å². The van der Waals surface area contributed by atoms with Crippen LogP contribution in [0.2, 0.25) is 0 Å². The molecule has 1 amide bonds. The van der Waals surface area contributed by atoms with Crippen molar-refractivity contribution in [2.75, 3.05) is 17.2 Å². The van der Waals surface area contributed by atoms with Crippen LogP contribution in [0.15, 0.2) is 66.9 Å². The Kier molecular flexibility index (Phi) is 5.49. The number of carbonyl (C=O) groups is 1. The molecule has 5 nitrogen and oxygen atoms in total. The summed E-state index contributed by atoms with van der Waals surface area (Å²) in [4.78, 5) is 16.3. The minimum absolute atomic E-state index is 0.0493. The van der Waals surface area contributed by atoms with Gasteiger partial charge in [-0.05, 0) is 49.7 Å². The zero-order valence-electron chi connectivity index (χ0n) is 14.8. The minimum atomic E-state index is -0.230. The van der Waals surface area contributed by atoms with E-state index in [4.69, 9.17) is 4.74 Å². The maximum atomic E-state index is 12.0. The second kappa shape index (κ2) is 8.16. The van der Waals surface area contributed by atoms with Crippen LogP contribution in [0.4, 0.5) is 17.2 Å². The van der Waals surface area contributed by atoms with Crippen molar-refractivity contribution >= 4 is 23.1 Å². The number of hydrogen-bond acceptors (Lipinski definition) is 4. The number of nitrogens with zero attached hydrogens (tertiary/aromatic N) is 1. The van der Waals surface area contributed by atoms with Gasteiger partial charge in [0.2, 0.25) is 0 Å². The van der Waals surface area contributed by atoms with Gasteiger partial charge < -0.3 is 15.4 Å². The first kappa shape index (κ1) is 17.5. The number of benzene rings is 2. The number of anilines is 3. The first-order valence-electron chi connectivity index (χ1n) is 8.38. The Labute approximate surface area is 153 Å². The third-order valence-corrected chi connectivity index (χ3v) is 3.85. The van der Waals surface area contributed by atoms with Crippen molar-refractivity contribution in [1.82, 2.24) is 4.98 Å². The number of pyridine rings is 1. The van der Waals surface area contributed by atoms with Crippen LogP contribution >= 0.6 is 0 Å². The van der Waals surface area contributed by atoms with Gasteiger partial charge in [-0.15, -0.1) is 0 Å². The lowest BCUT2D eigenvalue weighted by Crippen LogP contribution is -2.20. The van der Waals surface area contributed by atoms with Crippen LogP contribution in [0, 0.1) is 13.8 Å². The van der Waals surface area contributed by atoms with E-state index >= 15 is 0 Å². The van der Waals surface area contributed by atoms with E-state index in [-0.39, 0.29) is 12.5 Å². The molecule has 0 saturated carbocycles. The Bertz CT molecular complexity index is 875. The van der Waals surface area contributed by atoms with Gasteiger partial charge in [-0.2, -0.15) is 0 Å². The summed E-state index contributed by atoms with van der Waals surface area (Å²) < 4.78 is 5.47. The molecule has 0 fully saturated rings. The number of para-hydroxylation sites is 1. The van der Waals surface area contributed by atoms with Crippen molar-refractivity contribution in [3.05, 3.63) is 78.0 Å². The lowest BCUT2D eigenvalue weighted by atomic mass is 10.2. The van der Waals surface area contributed by atoms with Crippen LogP contribution in [0.5, 0.6) is 5.75 Å². The summed E-state index contributed by atoms with van der Waals surface area (Å²) in [5.41, 5.74) is 3.91. The average molecular weight is 347 g/mol. The number of aromatic nitrogens is 1. The van der Waals surface area contributed by atoms with Gasteiger partial charge in [-0.1, -0.05) is 35.9 Å². The van der Waals surface area contributed by atoms with E-state index in [0.29, 0.717) is 17.3 Å². The van der Waals surface area contributed by atoms with Crippen molar-refractivity contribution in [3.63, 3.8) is 0 Å². The van der Waals surface area contributed by atoms with Crippen molar-refractivity contribution < 1.29 is 9.53 Å².